The molecule has 5 rings (SSSR count). The van der Waals surface area contributed by atoms with Crippen LogP contribution in [0.5, 0.6) is 11.5 Å². The summed E-state index contributed by atoms with van der Waals surface area (Å²) in [5, 5.41) is 11.9. The number of anilines is 2. The van der Waals surface area contributed by atoms with Gasteiger partial charge in [0, 0.05) is 11.4 Å². The zero-order valence-electron chi connectivity index (χ0n) is 25.9. The lowest BCUT2D eigenvalue weighted by Gasteiger charge is -2.29. The number of aryl methyl sites for hydroxylation is 4. The normalized spacial score (nSPS) is 14.3. The van der Waals surface area contributed by atoms with Crippen molar-refractivity contribution in [2.24, 2.45) is 0 Å². The number of carbonyl (C=O) groups excluding carboxylic acids is 1. The van der Waals surface area contributed by atoms with Crippen LogP contribution in [0.15, 0.2) is 71.0 Å². The molecule has 0 radical (unpaired) electrons. The first-order chi connectivity index (χ1) is 20.7. The van der Waals surface area contributed by atoms with Crippen molar-refractivity contribution in [1.29, 1.82) is 0 Å². The number of benzene rings is 3. The monoisotopic (exact) mass is 597 g/mol. The molecule has 0 spiro atoms. The number of fused-ring (bicyclic) bond motifs is 1. The number of nitrogens with zero attached hydrogens (tertiary/aromatic N) is 3. The molecular formula is C34H39N5O3S. The van der Waals surface area contributed by atoms with Gasteiger partial charge in [-0.3, -0.25) is 4.79 Å². The molecule has 4 aromatic rings. The summed E-state index contributed by atoms with van der Waals surface area (Å²) in [6.07, 6.45) is 0. The Hall–Kier alpha value is -4.24. The minimum atomic E-state index is -0.532. The Kier molecular flexibility index (Phi) is 9.11. The van der Waals surface area contributed by atoms with Crippen molar-refractivity contribution in [1.82, 2.24) is 14.8 Å². The number of ether oxygens (including phenoxy) is 2. The fraction of sp³-hybridized carbons (Fsp3) is 0.324. The van der Waals surface area contributed by atoms with Gasteiger partial charge in [0.15, 0.2) is 11.5 Å². The van der Waals surface area contributed by atoms with Crippen LogP contribution < -0.4 is 20.1 Å². The van der Waals surface area contributed by atoms with Crippen molar-refractivity contribution in [2.75, 3.05) is 23.0 Å². The molecule has 1 aromatic heterocycles. The number of nitrogens with one attached hydrogen (secondary N) is 2. The Morgan fingerprint density at radius 1 is 0.953 bits per heavy atom. The fourth-order valence-electron chi connectivity index (χ4n) is 5.26. The van der Waals surface area contributed by atoms with Gasteiger partial charge in [0.25, 0.3) is 5.91 Å². The van der Waals surface area contributed by atoms with Crippen molar-refractivity contribution in [3.05, 3.63) is 99.2 Å². The number of rotatable bonds is 10. The van der Waals surface area contributed by atoms with Gasteiger partial charge >= 0.3 is 0 Å². The van der Waals surface area contributed by atoms with Crippen LogP contribution in [0.1, 0.15) is 60.2 Å². The van der Waals surface area contributed by atoms with E-state index in [0.717, 1.165) is 28.1 Å². The molecule has 43 heavy (non-hydrogen) atoms. The number of thioether (sulfide) groups is 1. The second-order valence-corrected chi connectivity index (χ2v) is 12.0. The molecule has 8 nitrogen and oxygen atoms in total. The maximum Gasteiger partial charge on any atom is 0.255 e. The van der Waals surface area contributed by atoms with Crippen LogP contribution in [0.3, 0.4) is 0 Å². The first-order valence-corrected chi connectivity index (χ1v) is 15.6. The molecule has 1 unspecified atom stereocenters. The van der Waals surface area contributed by atoms with Crippen LogP contribution in [-0.2, 0) is 11.4 Å². The van der Waals surface area contributed by atoms with E-state index in [2.05, 4.69) is 50.5 Å². The summed E-state index contributed by atoms with van der Waals surface area (Å²) in [5.41, 5.74) is 8.73. The molecule has 0 aliphatic carbocycles. The first-order valence-electron chi connectivity index (χ1n) is 14.6. The van der Waals surface area contributed by atoms with Gasteiger partial charge in [-0.05, 0) is 105 Å². The standard InChI is InChI=1S/C34H39N5O3S/c1-8-41-29-18-25(13-14-28(29)42-19-26-17-22(5)21(4)16-23(26)6)31-30(32(40)36-27-12-10-11-20(3)15-27)24(7)35-33-37-34(43-9-2)38-39(31)33/h10-18,31H,8-9,19H2,1-7H3,(H,36,40)(H,35,37,38). The molecule has 2 N–H and O–H groups in total. The van der Waals surface area contributed by atoms with Gasteiger partial charge in [-0.15, -0.1) is 5.10 Å². The minimum Gasteiger partial charge on any atom is -0.490 e. The van der Waals surface area contributed by atoms with E-state index in [1.54, 1.807) is 16.4 Å². The summed E-state index contributed by atoms with van der Waals surface area (Å²) in [5.74, 6) is 2.47. The second-order valence-electron chi connectivity index (χ2n) is 10.8. The van der Waals surface area contributed by atoms with Crippen LogP contribution in [-0.4, -0.2) is 33.0 Å². The van der Waals surface area contributed by atoms with E-state index in [-0.39, 0.29) is 5.91 Å². The van der Waals surface area contributed by atoms with E-state index in [1.165, 1.54) is 16.7 Å². The Bertz CT molecular complexity index is 1690. The lowest BCUT2D eigenvalue weighted by Crippen LogP contribution is -2.31. The number of aromatic nitrogens is 3. The minimum absolute atomic E-state index is 0.213. The van der Waals surface area contributed by atoms with Crippen molar-refractivity contribution in [2.45, 2.75) is 66.3 Å². The van der Waals surface area contributed by atoms with Gasteiger partial charge < -0.3 is 20.1 Å². The highest BCUT2D eigenvalue weighted by Gasteiger charge is 2.35. The maximum absolute atomic E-state index is 13.9. The average Bonchev–Trinajstić information content (AvgIpc) is 3.36. The lowest BCUT2D eigenvalue weighted by molar-refractivity contribution is -0.113. The van der Waals surface area contributed by atoms with Crippen LogP contribution in [0.4, 0.5) is 11.6 Å². The molecule has 0 saturated carbocycles. The summed E-state index contributed by atoms with van der Waals surface area (Å²) in [6.45, 7) is 15.1. The quantitative estimate of drug-likeness (QED) is 0.183. The Balaban J connectivity index is 1.53. The predicted octanol–water partition coefficient (Wildman–Crippen LogP) is 7.53. The SMILES string of the molecule is CCOc1cc(C2C(C(=O)Nc3cccc(C)c3)=C(C)Nc3nc(SCC)nn32)ccc1OCc1cc(C)c(C)cc1C. The third kappa shape index (κ3) is 6.57. The molecule has 0 saturated heterocycles. The van der Waals surface area contributed by atoms with Gasteiger partial charge in [-0.2, -0.15) is 4.98 Å². The van der Waals surface area contributed by atoms with E-state index < -0.39 is 6.04 Å². The van der Waals surface area contributed by atoms with E-state index in [0.29, 0.717) is 47.1 Å². The summed E-state index contributed by atoms with van der Waals surface area (Å²) < 4.78 is 14.2. The van der Waals surface area contributed by atoms with Crippen LogP contribution in [0.25, 0.3) is 0 Å². The number of allylic oxidation sites excluding steroid dienone is 1. The number of hydrogen-bond acceptors (Lipinski definition) is 7. The van der Waals surface area contributed by atoms with Crippen molar-refractivity contribution < 1.29 is 14.3 Å². The van der Waals surface area contributed by atoms with Crippen molar-refractivity contribution >= 4 is 29.3 Å². The summed E-state index contributed by atoms with van der Waals surface area (Å²) in [7, 11) is 0. The topological polar surface area (TPSA) is 90.3 Å². The molecule has 1 atom stereocenters. The van der Waals surface area contributed by atoms with Gasteiger partial charge in [0.05, 0.1) is 12.2 Å². The maximum atomic E-state index is 13.9. The molecule has 224 valence electrons. The van der Waals surface area contributed by atoms with Gasteiger partial charge in [-0.1, -0.05) is 49.0 Å². The molecule has 9 heteroatoms. The molecule has 3 aromatic carbocycles. The first kappa shape index (κ1) is 30.2. The van der Waals surface area contributed by atoms with E-state index in [9.17, 15) is 4.79 Å². The molecule has 1 amide bonds. The van der Waals surface area contributed by atoms with Crippen LogP contribution in [0.2, 0.25) is 0 Å². The molecule has 1 aliphatic rings. The Morgan fingerprint density at radius 2 is 1.74 bits per heavy atom. The van der Waals surface area contributed by atoms with Crippen LogP contribution >= 0.6 is 11.8 Å². The summed E-state index contributed by atoms with van der Waals surface area (Å²) >= 11 is 1.56. The number of carbonyl (C=O) groups is 1. The second kappa shape index (κ2) is 13.0. The van der Waals surface area contributed by atoms with E-state index >= 15 is 0 Å². The van der Waals surface area contributed by atoms with Crippen LogP contribution in [0, 0.1) is 27.7 Å². The fourth-order valence-corrected chi connectivity index (χ4v) is 5.81. The van der Waals surface area contributed by atoms with E-state index in [4.69, 9.17) is 19.6 Å². The average molecular weight is 598 g/mol. The van der Waals surface area contributed by atoms with Gasteiger partial charge in [-0.25, -0.2) is 4.68 Å². The Labute approximate surface area is 257 Å². The third-order valence-corrected chi connectivity index (χ3v) is 8.27. The van der Waals surface area contributed by atoms with Gasteiger partial charge in [0.1, 0.15) is 12.6 Å². The molecule has 1 aliphatic heterocycles. The van der Waals surface area contributed by atoms with Gasteiger partial charge in [0.2, 0.25) is 11.1 Å². The summed E-state index contributed by atoms with van der Waals surface area (Å²) in [4.78, 5) is 18.6. The van der Waals surface area contributed by atoms with Crippen molar-refractivity contribution in [3.63, 3.8) is 0 Å². The summed E-state index contributed by atoms with van der Waals surface area (Å²) in [6, 6.07) is 17.5. The molecule has 0 fully saturated rings. The molecule has 0 bridgehead atoms. The highest BCUT2D eigenvalue weighted by atomic mass is 32.2. The highest BCUT2D eigenvalue weighted by molar-refractivity contribution is 7.99. The zero-order valence-corrected chi connectivity index (χ0v) is 26.7. The molecule has 2 heterocycles. The number of hydrogen-bond donors (Lipinski definition) is 2. The molecular weight excluding hydrogens is 558 g/mol. The third-order valence-electron chi connectivity index (χ3n) is 7.55. The Morgan fingerprint density at radius 3 is 2.49 bits per heavy atom. The highest BCUT2D eigenvalue weighted by Crippen LogP contribution is 2.40. The zero-order chi connectivity index (χ0) is 30.7. The van der Waals surface area contributed by atoms with E-state index in [1.807, 2.05) is 63.2 Å². The lowest BCUT2D eigenvalue weighted by atomic mass is 9.94. The largest absolute Gasteiger partial charge is 0.490 e. The van der Waals surface area contributed by atoms with Crippen molar-refractivity contribution in [3.8, 4) is 11.5 Å². The predicted molar refractivity (Wildman–Crippen MR) is 173 cm³/mol. The number of amides is 1. The smallest absolute Gasteiger partial charge is 0.255 e.